The Hall–Kier alpha value is -3.16. The molecule has 2 heterocycles. The molecule has 8 nitrogen and oxygen atoms in total. The van der Waals surface area contributed by atoms with E-state index in [9.17, 15) is 14.4 Å². The van der Waals surface area contributed by atoms with Crippen molar-refractivity contribution >= 4 is 23.6 Å². The second-order valence-electron chi connectivity index (χ2n) is 9.15. The SMILES string of the molecule is CCOC(=O)c1cn(-c2ccccc2)nc1N(C(=O)C1CCCCC1)C1CCN(C(C)=O)CC1. The zero-order chi connectivity index (χ0) is 24.1. The Kier molecular flexibility index (Phi) is 7.65. The van der Waals surface area contributed by atoms with Crippen LogP contribution in [0.2, 0.25) is 0 Å². The molecule has 1 aliphatic heterocycles. The van der Waals surface area contributed by atoms with Gasteiger partial charge >= 0.3 is 5.97 Å². The number of carbonyl (C=O) groups is 3. The van der Waals surface area contributed by atoms with Crippen molar-refractivity contribution in [1.82, 2.24) is 14.7 Å². The third-order valence-corrected chi connectivity index (χ3v) is 6.91. The fourth-order valence-electron chi connectivity index (χ4n) is 5.05. The first kappa shape index (κ1) is 24.0. The highest BCUT2D eigenvalue weighted by Crippen LogP contribution is 2.33. The van der Waals surface area contributed by atoms with Crippen LogP contribution >= 0.6 is 0 Å². The maximum absolute atomic E-state index is 13.9. The van der Waals surface area contributed by atoms with Crippen LogP contribution in [0.15, 0.2) is 36.5 Å². The number of piperidine rings is 1. The van der Waals surface area contributed by atoms with Gasteiger partial charge in [-0.3, -0.25) is 14.5 Å². The van der Waals surface area contributed by atoms with Crippen molar-refractivity contribution in [3.05, 3.63) is 42.1 Å². The van der Waals surface area contributed by atoms with Gasteiger partial charge < -0.3 is 9.64 Å². The molecule has 0 radical (unpaired) electrons. The topological polar surface area (TPSA) is 84.7 Å². The third kappa shape index (κ3) is 5.16. The monoisotopic (exact) mass is 466 g/mol. The van der Waals surface area contributed by atoms with E-state index in [1.807, 2.05) is 35.2 Å². The van der Waals surface area contributed by atoms with E-state index < -0.39 is 5.97 Å². The molecule has 1 aromatic carbocycles. The Bertz CT molecular complexity index is 1010. The van der Waals surface area contributed by atoms with Crippen LogP contribution in [0.3, 0.4) is 0 Å². The summed E-state index contributed by atoms with van der Waals surface area (Å²) in [4.78, 5) is 42.4. The summed E-state index contributed by atoms with van der Waals surface area (Å²) in [5.41, 5.74) is 1.10. The van der Waals surface area contributed by atoms with Gasteiger partial charge in [0.2, 0.25) is 11.8 Å². The fourth-order valence-corrected chi connectivity index (χ4v) is 5.05. The lowest BCUT2D eigenvalue weighted by molar-refractivity contribution is -0.129. The van der Waals surface area contributed by atoms with Crippen molar-refractivity contribution in [3.63, 3.8) is 0 Å². The number of nitrogens with zero attached hydrogens (tertiary/aromatic N) is 4. The first-order valence-electron chi connectivity index (χ1n) is 12.4. The lowest BCUT2D eigenvalue weighted by Crippen LogP contribution is -2.51. The number of likely N-dealkylation sites (tertiary alicyclic amines) is 1. The van der Waals surface area contributed by atoms with Crippen molar-refractivity contribution in [2.75, 3.05) is 24.6 Å². The maximum atomic E-state index is 13.9. The molecule has 0 bridgehead atoms. The molecule has 0 unspecified atom stereocenters. The molecule has 2 fully saturated rings. The molecule has 8 heteroatoms. The summed E-state index contributed by atoms with van der Waals surface area (Å²) in [6, 6.07) is 9.42. The molecule has 34 heavy (non-hydrogen) atoms. The van der Waals surface area contributed by atoms with Gasteiger partial charge in [0.1, 0.15) is 5.56 Å². The first-order chi connectivity index (χ1) is 16.5. The van der Waals surface area contributed by atoms with Gasteiger partial charge in [0, 0.05) is 38.2 Å². The number of carbonyl (C=O) groups excluding carboxylic acids is 3. The highest BCUT2D eigenvalue weighted by Gasteiger charge is 2.38. The van der Waals surface area contributed by atoms with E-state index in [1.54, 1.807) is 29.6 Å². The summed E-state index contributed by atoms with van der Waals surface area (Å²) < 4.78 is 6.99. The number of esters is 1. The number of rotatable bonds is 6. The predicted octanol–water partition coefficient (Wildman–Crippen LogP) is 3.97. The van der Waals surface area contributed by atoms with Crippen molar-refractivity contribution in [1.29, 1.82) is 0 Å². The molecule has 2 aromatic rings. The second kappa shape index (κ2) is 10.8. The van der Waals surface area contributed by atoms with E-state index >= 15 is 0 Å². The molecule has 0 atom stereocenters. The highest BCUT2D eigenvalue weighted by molar-refractivity contribution is 6.02. The average Bonchev–Trinajstić information content (AvgIpc) is 3.31. The number of hydrogen-bond acceptors (Lipinski definition) is 5. The smallest absolute Gasteiger partial charge is 0.343 e. The summed E-state index contributed by atoms with van der Waals surface area (Å²) in [6.45, 7) is 4.75. The first-order valence-corrected chi connectivity index (χ1v) is 12.4. The fraction of sp³-hybridized carbons (Fsp3) is 0.538. The van der Waals surface area contributed by atoms with Gasteiger partial charge in [0.05, 0.1) is 12.3 Å². The Morgan fingerprint density at radius 1 is 1.03 bits per heavy atom. The summed E-state index contributed by atoms with van der Waals surface area (Å²) in [5, 5.41) is 4.77. The van der Waals surface area contributed by atoms with Gasteiger partial charge in [-0.25, -0.2) is 9.48 Å². The summed E-state index contributed by atoms with van der Waals surface area (Å²) in [7, 11) is 0. The van der Waals surface area contributed by atoms with Gasteiger partial charge in [-0.1, -0.05) is 37.5 Å². The Balaban J connectivity index is 1.74. The number of amides is 2. The minimum atomic E-state index is -0.484. The van der Waals surface area contributed by atoms with E-state index in [0.717, 1.165) is 37.8 Å². The van der Waals surface area contributed by atoms with Crippen molar-refractivity contribution in [3.8, 4) is 5.69 Å². The molecular weight excluding hydrogens is 432 g/mol. The molecule has 2 aliphatic rings. The predicted molar refractivity (Wildman–Crippen MR) is 129 cm³/mol. The summed E-state index contributed by atoms with van der Waals surface area (Å²) in [5.74, 6) is -0.119. The van der Waals surface area contributed by atoms with Crippen molar-refractivity contribution in [2.45, 2.75) is 64.8 Å². The Morgan fingerprint density at radius 3 is 2.32 bits per heavy atom. The standard InChI is InChI=1S/C26H34N4O4/c1-3-34-26(33)23-18-29(21-12-8-5-9-13-21)27-24(23)30(25(32)20-10-6-4-7-11-20)22-14-16-28(17-15-22)19(2)31/h5,8-9,12-13,18,20,22H,3-4,6-7,10-11,14-17H2,1-2H3. The van der Waals surface area contributed by atoms with Crippen LogP contribution in [0, 0.1) is 5.92 Å². The third-order valence-electron chi connectivity index (χ3n) is 6.91. The lowest BCUT2D eigenvalue weighted by atomic mass is 9.87. The minimum Gasteiger partial charge on any atom is -0.462 e. The van der Waals surface area contributed by atoms with Crippen LogP contribution in [-0.2, 0) is 14.3 Å². The number of ether oxygens (including phenoxy) is 1. The second-order valence-corrected chi connectivity index (χ2v) is 9.15. The van der Waals surface area contributed by atoms with Gasteiger partial charge in [0.25, 0.3) is 0 Å². The number of benzene rings is 1. The minimum absolute atomic E-state index is 0.0323. The zero-order valence-electron chi connectivity index (χ0n) is 20.1. The molecular formula is C26H34N4O4. The molecule has 0 spiro atoms. The molecule has 182 valence electrons. The van der Waals surface area contributed by atoms with E-state index in [-0.39, 0.29) is 30.4 Å². The maximum Gasteiger partial charge on any atom is 0.343 e. The van der Waals surface area contributed by atoms with Crippen LogP contribution in [0.5, 0.6) is 0 Å². The molecule has 1 saturated heterocycles. The number of hydrogen-bond donors (Lipinski definition) is 0. The average molecular weight is 467 g/mol. The van der Waals surface area contributed by atoms with E-state index in [1.165, 1.54) is 0 Å². The van der Waals surface area contributed by atoms with Crippen LogP contribution < -0.4 is 4.90 Å². The van der Waals surface area contributed by atoms with Crippen LogP contribution in [0.4, 0.5) is 5.82 Å². The van der Waals surface area contributed by atoms with E-state index in [2.05, 4.69) is 0 Å². The number of anilines is 1. The van der Waals surface area contributed by atoms with Crippen LogP contribution in [0.25, 0.3) is 5.69 Å². The highest BCUT2D eigenvalue weighted by atomic mass is 16.5. The Labute approximate surface area is 200 Å². The van der Waals surface area contributed by atoms with E-state index in [4.69, 9.17) is 9.84 Å². The molecule has 2 amide bonds. The molecule has 1 aromatic heterocycles. The van der Waals surface area contributed by atoms with Gasteiger partial charge in [0.15, 0.2) is 5.82 Å². The van der Waals surface area contributed by atoms with Crippen molar-refractivity contribution < 1.29 is 19.1 Å². The van der Waals surface area contributed by atoms with E-state index in [0.29, 0.717) is 37.3 Å². The molecule has 4 rings (SSSR count). The summed E-state index contributed by atoms with van der Waals surface area (Å²) in [6.07, 6.45) is 7.90. The van der Waals surface area contributed by atoms with Gasteiger partial charge in [-0.15, -0.1) is 5.10 Å². The lowest BCUT2D eigenvalue weighted by Gasteiger charge is -2.39. The summed E-state index contributed by atoms with van der Waals surface area (Å²) >= 11 is 0. The quantitative estimate of drug-likeness (QED) is 0.602. The van der Waals surface area contributed by atoms with Gasteiger partial charge in [-0.05, 0) is 44.7 Å². The molecule has 1 aliphatic carbocycles. The zero-order valence-corrected chi connectivity index (χ0v) is 20.1. The molecule has 0 N–H and O–H groups in total. The largest absolute Gasteiger partial charge is 0.462 e. The number of aromatic nitrogens is 2. The van der Waals surface area contributed by atoms with Crippen molar-refractivity contribution in [2.24, 2.45) is 5.92 Å². The normalized spacial score (nSPS) is 17.4. The molecule has 1 saturated carbocycles. The number of para-hydroxylation sites is 1. The Morgan fingerprint density at radius 2 is 1.71 bits per heavy atom. The van der Waals surface area contributed by atoms with Crippen LogP contribution in [-0.4, -0.2) is 58.2 Å². The van der Waals surface area contributed by atoms with Crippen LogP contribution in [0.1, 0.15) is 69.2 Å². The van der Waals surface area contributed by atoms with Gasteiger partial charge in [-0.2, -0.15) is 0 Å².